The van der Waals surface area contributed by atoms with Crippen LogP contribution < -0.4 is 11.1 Å². The predicted octanol–water partition coefficient (Wildman–Crippen LogP) is 2.01. The van der Waals surface area contributed by atoms with E-state index in [0.29, 0.717) is 16.6 Å². The molecule has 21 heavy (non-hydrogen) atoms. The fourth-order valence-corrected chi connectivity index (χ4v) is 3.07. The summed E-state index contributed by atoms with van der Waals surface area (Å²) in [7, 11) is 0. The van der Waals surface area contributed by atoms with E-state index in [0.717, 1.165) is 25.2 Å². The molecule has 4 N–H and O–H groups in total. The molecule has 0 radical (unpaired) electrons. The number of hydrogen-bond donors (Lipinski definition) is 3. The number of likely N-dealkylation sites (tertiary alicyclic amines) is 1. The minimum atomic E-state index is 0.0703. The van der Waals surface area contributed by atoms with Gasteiger partial charge in [0.05, 0.1) is 0 Å². The molecule has 1 saturated heterocycles. The second-order valence-corrected chi connectivity index (χ2v) is 5.75. The van der Waals surface area contributed by atoms with Crippen LogP contribution in [-0.4, -0.2) is 41.6 Å². The van der Waals surface area contributed by atoms with Gasteiger partial charge in [-0.05, 0) is 37.6 Å². The quantitative estimate of drug-likeness (QED) is 0.325. The smallest absolute Gasteiger partial charge is 0.170 e. The maximum atomic E-state index is 8.66. The third-order valence-corrected chi connectivity index (χ3v) is 4.41. The summed E-state index contributed by atoms with van der Waals surface area (Å²) in [4.78, 5) is 2.51. The van der Waals surface area contributed by atoms with Crippen LogP contribution >= 0.6 is 11.6 Å². The van der Waals surface area contributed by atoms with Gasteiger partial charge >= 0.3 is 0 Å². The summed E-state index contributed by atoms with van der Waals surface area (Å²) in [6.07, 6.45) is 2.55. The average Bonchev–Trinajstić information content (AvgIpc) is 2.95. The van der Waals surface area contributed by atoms with Crippen LogP contribution in [0.1, 0.15) is 30.9 Å². The molecule has 1 heterocycles. The lowest BCUT2D eigenvalue weighted by Gasteiger charge is -2.23. The number of halogens is 1. The Hall–Kier alpha value is -1.30. The maximum absolute atomic E-state index is 8.66. The Balaban J connectivity index is 1.89. The highest BCUT2D eigenvalue weighted by Crippen LogP contribution is 2.19. The first-order valence-electron chi connectivity index (χ1n) is 7.36. The molecule has 1 aliphatic heterocycles. The van der Waals surface area contributed by atoms with Gasteiger partial charge in [-0.25, -0.2) is 0 Å². The van der Waals surface area contributed by atoms with E-state index in [1.807, 2.05) is 12.1 Å². The van der Waals surface area contributed by atoms with E-state index in [2.05, 4.69) is 22.3 Å². The fourth-order valence-electron chi connectivity index (χ4n) is 2.82. The van der Waals surface area contributed by atoms with Gasteiger partial charge in [0.15, 0.2) is 5.84 Å². The lowest BCUT2D eigenvalue weighted by molar-refractivity contribution is 0.260. The highest BCUT2D eigenvalue weighted by atomic mass is 35.5. The van der Waals surface area contributed by atoms with Gasteiger partial charge in [0, 0.05) is 29.7 Å². The van der Waals surface area contributed by atoms with Gasteiger partial charge in [0.25, 0.3) is 0 Å². The highest BCUT2D eigenvalue weighted by Gasteiger charge is 2.22. The first kappa shape index (κ1) is 16.1. The highest BCUT2D eigenvalue weighted by molar-refractivity contribution is 6.31. The van der Waals surface area contributed by atoms with E-state index in [-0.39, 0.29) is 5.84 Å². The van der Waals surface area contributed by atoms with E-state index in [1.54, 1.807) is 6.07 Å². The number of nitrogens with zero attached hydrogens (tertiary/aromatic N) is 2. The lowest BCUT2D eigenvalue weighted by Crippen LogP contribution is -2.37. The molecule has 6 heteroatoms. The lowest BCUT2D eigenvalue weighted by atomic mass is 10.1. The monoisotopic (exact) mass is 310 g/mol. The third kappa shape index (κ3) is 4.09. The average molecular weight is 311 g/mol. The molecular weight excluding hydrogens is 288 g/mol. The van der Waals surface area contributed by atoms with Gasteiger partial charge in [-0.2, -0.15) is 0 Å². The van der Waals surface area contributed by atoms with Gasteiger partial charge < -0.3 is 16.3 Å². The molecule has 0 spiro atoms. The number of rotatable bonds is 6. The van der Waals surface area contributed by atoms with Crippen molar-refractivity contribution in [3.63, 3.8) is 0 Å². The molecule has 1 fully saturated rings. The van der Waals surface area contributed by atoms with E-state index >= 15 is 0 Å². The van der Waals surface area contributed by atoms with Gasteiger partial charge in [0.2, 0.25) is 0 Å². The molecule has 1 aromatic carbocycles. The molecule has 1 unspecified atom stereocenters. The van der Waals surface area contributed by atoms with Crippen molar-refractivity contribution < 1.29 is 5.21 Å². The van der Waals surface area contributed by atoms with E-state index in [1.165, 1.54) is 19.4 Å². The molecule has 2 rings (SSSR count). The normalized spacial score (nSPS) is 20.1. The van der Waals surface area contributed by atoms with Crippen LogP contribution in [0.25, 0.3) is 0 Å². The number of hydrogen-bond acceptors (Lipinski definition) is 4. The summed E-state index contributed by atoms with van der Waals surface area (Å²) in [5.41, 5.74) is 7.19. The van der Waals surface area contributed by atoms with Crippen LogP contribution in [0.4, 0.5) is 0 Å². The van der Waals surface area contributed by atoms with Crippen molar-refractivity contribution >= 4 is 17.4 Å². The number of amidine groups is 1. The number of nitrogens with two attached hydrogens (primary N) is 1. The first-order chi connectivity index (χ1) is 10.2. The molecule has 0 amide bonds. The maximum Gasteiger partial charge on any atom is 0.170 e. The van der Waals surface area contributed by atoms with Crippen LogP contribution in [0.15, 0.2) is 23.4 Å². The van der Waals surface area contributed by atoms with E-state index < -0.39 is 0 Å². The van der Waals surface area contributed by atoms with Crippen molar-refractivity contribution in [1.82, 2.24) is 10.2 Å². The third-order valence-electron chi connectivity index (χ3n) is 4.06. The Morgan fingerprint density at radius 1 is 1.57 bits per heavy atom. The van der Waals surface area contributed by atoms with E-state index in [9.17, 15) is 0 Å². The Labute approximate surface area is 130 Å². The van der Waals surface area contributed by atoms with E-state index in [4.69, 9.17) is 22.5 Å². The summed E-state index contributed by atoms with van der Waals surface area (Å²) in [5.74, 6) is 0.0703. The first-order valence-corrected chi connectivity index (χ1v) is 7.74. The summed E-state index contributed by atoms with van der Waals surface area (Å²) >= 11 is 6.24. The Morgan fingerprint density at radius 2 is 2.38 bits per heavy atom. The van der Waals surface area contributed by atoms with Crippen LogP contribution in [0.2, 0.25) is 5.02 Å². The fraction of sp³-hybridized carbons (Fsp3) is 0.533. The van der Waals surface area contributed by atoms with Crippen LogP contribution in [0.3, 0.4) is 0 Å². The predicted molar refractivity (Wildman–Crippen MR) is 85.9 cm³/mol. The van der Waals surface area contributed by atoms with Gasteiger partial charge in [-0.3, -0.25) is 4.90 Å². The number of likely N-dealkylation sites (N-methyl/N-ethyl adjacent to an activating group) is 1. The SMILES string of the molecule is CCN1CCCC1CNCc1ccc(/C(N)=N/O)cc1Cl. The number of oxime groups is 1. The van der Waals surface area contributed by atoms with Gasteiger partial charge in [-0.15, -0.1) is 0 Å². The molecule has 0 saturated carbocycles. The minimum Gasteiger partial charge on any atom is -0.409 e. The molecule has 1 aliphatic rings. The molecule has 0 aliphatic carbocycles. The largest absolute Gasteiger partial charge is 0.409 e. The number of benzene rings is 1. The minimum absolute atomic E-state index is 0.0703. The van der Waals surface area contributed by atoms with Crippen molar-refractivity contribution in [3.05, 3.63) is 34.3 Å². The van der Waals surface area contributed by atoms with Crippen LogP contribution in [-0.2, 0) is 6.54 Å². The van der Waals surface area contributed by atoms with Crippen molar-refractivity contribution in [2.45, 2.75) is 32.4 Å². The summed E-state index contributed by atoms with van der Waals surface area (Å²) in [6.45, 7) is 6.23. The second kappa shape index (κ2) is 7.64. The Morgan fingerprint density at radius 3 is 3.05 bits per heavy atom. The van der Waals surface area contributed by atoms with Crippen molar-refractivity contribution in [2.24, 2.45) is 10.9 Å². The molecular formula is C15H23ClN4O. The summed E-state index contributed by atoms with van der Waals surface area (Å²) in [5, 5.41) is 15.7. The van der Waals surface area contributed by atoms with Crippen molar-refractivity contribution in [2.75, 3.05) is 19.6 Å². The zero-order valence-electron chi connectivity index (χ0n) is 12.3. The molecule has 0 aromatic heterocycles. The van der Waals surface area contributed by atoms with Crippen LogP contribution in [0.5, 0.6) is 0 Å². The molecule has 116 valence electrons. The summed E-state index contributed by atoms with van der Waals surface area (Å²) < 4.78 is 0. The topological polar surface area (TPSA) is 73.9 Å². The molecule has 1 atom stereocenters. The second-order valence-electron chi connectivity index (χ2n) is 5.35. The Bertz CT molecular complexity index is 506. The summed E-state index contributed by atoms with van der Waals surface area (Å²) in [6, 6.07) is 6.08. The zero-order chi connectivity index (χ0) is 15.2. The van der Waals surface area contributed by atoms with Crippen molar-refractivity contribution in [1.29, 1.82) is 0 Å². The van der Waals surface area contributed by atoms with Crippen molar-refractivity contribution in [3.8, 4) is 0 Å². The van der Waals surface area contributed by atoms with Gasteiger partial charge in [-0.1, -0.05) is 35.8 Å². The zero-order valence-corrected chi connectivity index (χ0v) is 13.1. The molecule has 1 aromatic rings. The van der Waals surface area contributed by atoms with Crippen LogP contribution in [0, 0.1) is 0 Å². The Kier molecular flexibility index (Phi) is 5.85. The standard InChI is InChI=1S/C15H23ClN4O/c1-2-20-7-3-4-13(20)10-18-9-12-6-5-11(8-14(12)16)15(17)19-21/h5-6,8,13,18,21H,2-4,7,9-10H2,1H3,(H2,17,19). The molecule has 0 bridgehead atoms. The van der Waals surface area contributed by atoms with Gasteiger partial charge in [0.1, 0.15) is 0 Å². The molecule has 5 nitrogen and oxygen atoms in total. The number of nitrogens with one attached hydrogen (secondary N) is 1.